The van der Waals surface area contributed by atoms with E-state index in [0.717, 1.165) is 0 Å². The predicted molar refractivity (Wildman–Crippen MR) is 54.5 cm³/mol. The van der Waals surface area contributed by atoms with Gasteiger partial charge in [0.15, 0.2) is 5.78 Å². The van der Waals surface area contributed by atoms with Gasteiger partial charge in [0.1, 0.15) is 5.75 Å². The summed E-state index contributed by atoms with van der Waals surface area (Å²) in [6.07, 6.45) is 0.224. The number of imide groups is 1. The van der Waals surface area contributed by atoms with E-state index in [0.29, 0.717) is 0 Å². The molecule has 0 atom stereocenters. The number of amides is 2. The Hall–Kier alpha value is -2.17. The number of aromatic hydroxyl groups is 1. The van der Waals surface area contributed by atoms with Gasteiger partial charge in [-0.15, -0.1) is 0 Å². The molecule has 16 heavy (non-hydrogen) atoms. The van der Waals surface area contributed by atoms with Gasteiger partial charge < -0.3 is 5.11 Å². The fourth-order valence-corrected chi connectivity index (χ4v) is 1.66. The highest BCUT2D eigenvalue weighted by Crippen LogP contribution is 2.29. The first-order chi connectivity index (χ1) is 7.56. The monoisotopic (exact) mass is 219 g/mol. The molecule has 2 N–H and O–H groups in total. The van der Waals surface area contributed by atoms with E-state index >= 15 is 0 Å². The molecule has 0 aromatic heterocycles. The topological polar surface area (TPSA) is 83.5 Å². The second-order valence-electron chi connectivity index (χ2n) is 3.44. The van der Waals surface area contributed by atoms with Gasteiger partial charge >= 0.3 is 0 Å². The van der Waals surface area contributed by atoms with Gasteiger partial charge in [-0.05, 0) is 12.1 Å². The number of phenols is 1. The van der Waals surface area contributed by atoms with Crippen molar-refractivity contribution in [3.8, 4) is 5.75 Å². The Morgan fingerprint density at radius 3 is 2.62 bits per heavy atom. The lowest BCUT2D eigenvalue weighted by Gasteiger charge is -2.04. The molecule has 2 amide bonds. The molecule has 1 aromatic carbocycles. The number of hydrogen-bond acceptors (Lipinski definition) is 4. The molecule has 0 bridgehead atoms. The Kier molecular flexibility index (Phi) is 2.23. The molecule has 1 aromatic rings. The minimum atomic E-state index is -0.664. The van der Waals surface area contributed by atoms with Crippen LogP contribution in [0.5, 0.6) is 5.75 Å². The smallest absolute Gasteiger partial charge is 0.262 e. The number of carbonyl (C=O) groups is 3. The minimum Gasteiger partial charge on any atom is -0.506 e. The fourth-order valence-electron chi connectivity index (χ4n) is 1.66. The predicted octanol–water partition coefficient (Wildman–Crippen LogP) is 0.868. The van der Waals surface area contributed by atoms with Crippen LogP contribution < -0.4 is 5.32 Å². The molecule has 0 saturated carbocycles. The van der Waals surface area contributed by atoms with Crippen LogP contribution in [-0.2, 0) is 0 Å². The number of rotatable bonds is 2. The van der Waals surface area contributed by atoms with Crippen molar-refractivity contribution in [2.45, 2.75) is 13.3 Å². The molecule has 1 aliphatic heterocycles. The van der Waals surface area contributed by atoms with E-state index in [1.807, 2.05) is 0 Å². The summed E-state index contributed by atoms with van der Waals surface area (Å²) in [4.78, 5) is 34.1. The zero-order valence-electron chi connectivity index (χ0n) is 8.53. The minimum absolute atomic E-state index is 0.0751. The van der Waals surface area contributed by atoms with Gasteiger partial charge in [-0.3, -0.25) is 19.7 Å². The molecular formula is C11H9NO4. The van der Waals surface area contributed by atoms with Gasteiger partial charge in [0, 0.05) is 6.42 Å². The molecule has 1 heterocycles. The van der Waals surface area contributed by atoms with Crippen molar-refractivity contribution < 1.29 is 19.5 Å². The van der Waals surface area contributed by atoms with E-state index in [-0.39, 0.29) is 28.9 Å². The Morgan fingerprint density at radius 1 is 1.31 bits per heavy atom. The van der Waals surface area contributed by atoms with E-state index in [9.17, 15) is 19.5 Å². The molecule has 82 valence electrons. The molecule has 0 aliphatic carbocycles. The van der Waals surface area contributed by atoms with Crippen molar-refractivity contribution in [2.75, 3.05) is 0 Å². The van der Waals surface area contributed by atoms with Gasteiger partial charge in [-0.25, -0.2) is 0 Å². The summed E-state index contributed by atoms with van der Waals surface area (Å²) in [6, 6.07) is 2.73. The second kappa shape index (κ2) is 3.44. The highest BCUT2D eigenvalue weighted by atomic mass is 16.3. The molecular weight excluding hydrogens is 210 g/mol. The number of fused-ring (bicyclic) bond motifs is 1. The second-order valence-corrected chi connectivity index (χ2v) is 3.44. The van der Waals surface area contributed by atoms with Crippen LogP contribution in [0.15, 0.2) is 12.1 Å². The van der Waals surface area contributed by atoms with E-state index < -0.39 is 17.6 Å². The van der Waals surface area contributed by atoms with Gasteiger partial charge in [0.25, 0.3) is 11.8 Å². The lowest BCUT2D eigenvalue weighted by Crippen LogP contribution is -2.19. The summed E-state index contributed by atoms with van der Waals surface area (Å²) in [5, 5.41) is 11.8. The lowest BCUT2D eigenvalue weighted by atomic mass is 10.0. The molecule has 0 unspecified atom stereocenters. The average Bonchev–Trinajstić information content (AvgIpc) is 2.54. The highest BCUT2D eigenvalue weighted by molar-refractivity contribution is 6.23. The van der Waals surface area contributed by atoms with Gasteiger partial charge in [0.2, 0.25) is 0 Å². The van der Waals surface area contributed by atoms with Crippen molar-refractivity contribution in [1.82, 2.24) is 5.32 Å². The summed E-state index contributed by atoms with van der Waals surface area (Å²) in [7, 11) is 0. The standard InChI is InChI=1S/C11H9NO4/c1-2-7(13)5-3-4-6-8(9(5)14)11(16)12-10(6)15/h3-4,14H,2H2,1H3,(H,12,15,16). The van der Waals surface area contributed by atoms with Crippen molar-refractivity contribution in [1.29, 1.82) is 0 Å². The third-order valence-electron chi connectivity index (χ3n) is 2.50. The Bertz CT molecular complexity index is 519. The highest BCUT2D eigenvalue weighted by Gasteiger charge is 2.31. The molecule has 5 nitrogen and oxygen atoms in total. The van der Waals surface area contributed by atoms with E-state index in [4.69, 9.17) is 0 Å². The van der Waals surface area contributed by atoms with E-state index in [1.54, 1.807) is 6.92 Å². The molecule has 2 rings (SSSR count). The van der Waals surface area contributed by atoms with Crippen LogP contribution in [0.1, 0.15) is 44.4 Å². The number of ketones is 1. The van der Waals surface area contributed by atoms with Crippen LogP contribution in [0.25, 0.3) is 0 Å². The largest absolute Gasteiger partial charge is 0.506 e. The summed E-state index contributed by atoms with van der Waals surface area (Å²) >= 11 is 0. The third-order valence-corrected chi connectivity index (χ3v) is 2.50. The number of Topliss-reactive ketones (excluding diaryl/α,β-unsaturated/α-hetero) is 1. The van der Waals surface area contributed by atoms with Crippen molar-refractivity contribution in [3.05, 3.63) is 28.8 Å². The molecule has 0 saturated heterocycles. The van der Waals surface area contributed by atoms with Crippen LogP contribution in [0.2, 0.25) is 0 Å². The summed E-state index contributed by atoms with van der Waals surface area (Å²) in [6.45, 7) is 1.65. The molecule has 0 spiro atoms. The van der Waals surface area contributed by atoms with Crippen LogP contribution in [0, 0.1) is 0 Å². The Balaban J connectivity index is 2.65. The summed E-state index contributed by atoms with van der Waals surface area (Å²) in [5.41, 5.74) is 0.0746. The number of carbonyl (C=O) groups excluding carboxylic acids is 3. The zero-order chi connectivity index (χ0) is 11.9. The van der Waals surface area contributed by atoms with Crippen LogP contribution in [0.4, 0.5) is 0 Å². The first kappa shape index (κ1) is 10.4. The van der Waals surface area contributed by atoms with E-state index in [1.165, 1.54) is 12.1 Å². The zero-order valence-corrected chi connectivity index (χ0v) is 8.53. The van der Waals surface area contributed by atoms with E-state index in [2.05, 4.69) is 5.32 Å². The van der Waals surface area contributed by atoms with Crippen molar-refractivity contribution >= 4 is 17.6 Å². The SMILES string of the molecule is CCC(=O)c1ccc2c(c1O)C(=O)NC2=O. The third kappa shape index (κ3) is 1.29. The molecule has 5 heteroatoms. The number of phenolic OH excluding ortho intramolecular Hbond substituents is 1. The Labute approximate surface area is 91.1 Å². The van der Waals surface area contributed by atoms with Gasteiger partial charge in [-0.1, -0.05) is 6.92 Å². The van der Waals surface area contributed by atoms with Crippen molar-refractivity contribution in [2.24, 2.45) is 0 Å². The average molecular weight is 219 g/mol. The number of nitrogens with one attached hydrogen (secondary N) is 1. The summed E-state index contributed by atoms with van der Waals surface area (Å²) in [5.74, 6) is -1.89. The fraction of sp³-hybridized carbons (Fsp3) is 0.182. The van der Waals surface area contributed by atoms with Crippen molar-refractivity contribution in [3.63, 3.8) is 0 Å². The molecule has 0 radical (unpaired) electrons. The maximum Gasteiger partial charge on any atom is 0.262 e. The quantitative estimate of drug-likeness (QED) is 0.571. The van der Waals surface area contributed by atoms with Crippen LogP contribution in [0.3, 0.4) is 0 Å². The number of hydrogen-bond donors (Lipinski definition) is 2. The normalized spacial score (nSPS) is 13.6. The molecule has 1 aliphatic rings. The van der Waals surface area contributed by atoms with Crippen LogP contribution >= 0.6 is 0 Å². The first-order valence-corrected chi connectivity index (χ1v) is 4.81. The van der Waals surface area contributed by atoms with Gasteiger partial charge in [0.05, 0.1) is 16.7 Å². The van der Waals surface area contributed by atoms with Gasteiger partial charge in [-0.2, -0.15) is 0 Å². The van der Waals surface area contributed by atoms with Crippen LogP contribution in [-0.4, -0.2) is 22.7 Å². The first-order valence-electron chi connectivity index (χ1n) is 4.81. The maximum atomic E-state index is 11.4. The number of benzene rings is 1. The lowest BCUT2D eigenvalue weighted by molar-refractivity contribution is 0.0878. The molecule has 0 fully saturated rings. The summed E-state index contributed by atoms with van der Waals surface area (Å²) < 4.78 is 0. The maximum absolute atomic E-state index is 11.4. The Morgan fingerprint density at radius 2 is 2.00 bits per heavy atom.